The van der Waals surface area contributed by atoms with E-state index in [1.807, 2.05) is 45.2 Å². The summed E-state index contributed by atoms with van der Waals surface area (Å²) >= 11 is 1.42. The molecule has 5 heterocycles. The van der Waals surface area contributed by atoms with Crippen molar-refractivity contribution in [2.75, 3.05) is 13.2 Å². The summed E-state index contributed by atoms with van der Waals surface area (Å²) in [7, 11) is -0.614. The second-order valence-corrected chi connectivity index (χ2v) is 17.0. The highest BCUT2D eigenvalue weighted by atomic mass is 32.1. The molecule has 0 aliphatic carbocycles. The van der Waals surface area contributed by atoms with Gasteiger partial charge in [-0.2, -0.15) is 5.43 Å². The van der Waals surface area contributed by atoms with Gasteiger partial charge in [0, 0.05) is 52.2 Å². The lowest BCUT2D eigenvalue weighted by atomic mass is 9.76. The topological polar surface area (TPSA) is 147 Å². The minimum absolute atomic E-state index is 0.121. The van der Waals surface area contributed by atoms with Gasteiger partial charge in [-0.1, -0.05) is 19.9 Å². The minimum Gasteiger partial charge on any atom is -0.444 e. The highest BCUT2D eigenvalue weighted by Gasteiger charge is 2.53. The normalized spacial score (nSPS) is 24.0. The van der Waals surface area contributed by atoms with Gasteiger partial charge in [0.05, 0.1) is 26.8 Å². The number of benzene rings is 1. The number of carbonyl (C=O) groups is 2. The average Bonchev–Trinajstić information content (AvgIpc) is 3.67. The first-order valence-corrected chi connectivity index (χ1v) is 17.8. The fraction of sp³-hybridized carbons (Fsp3) is 0.618. The van der Waals surface area contributed by atoms with Gasteiger partial charge in [-0.15, -0.1) is 11.3 Å². The summed E-state index contributed by atoms with van der Waals surface area (Å²) in [6, 6.07) is 5.16. The third kappa shape index (κ3) is 7.49. The zero-order valence-electron chi connectivity index (χ0n) is 29.9. The number of thiazole rings is 1. The third-order valence-electron chi connectivity index (χ3n) is 9.57. The van der Waals surface area contributed by atoms with E-state index in [0.29, 0.717) is 35.7 Å². The second-order valence-electron chi connectivity index (χ2n) is 16.1. The molecule has 3 aliphatic heterocycles. The fourth-order valence-corrected chi connectivity index (χ4v) is 7.12. The van der Waals surface area contributed by atoms with Crippen LogP contribution in [-0.2, 0) is 36.5 Å². The number of aromatic nitrogens is 2. The summed E-state index contributed by atoms with van der Waals surface area (Å²) in [4.78, 5) is 55.1. The molecule has 0 radical (unpaired) electrons. The lowest BCUT2D eigenvalue weighted by molar-refractivity contribution is -0.835. The van der Waals surface area contributed by atoms with E-state index in [1.54, 1.807) is 20.8 Å². The number of nitrogens with zero attached hydrogens (tertiary/aromatic N) is 3. The SMILES string of the molecule is CC1(C)CO[N+](=O)[C@@H]2CCCN(N2)C(=O)[C@@H](NC(=O)OC(C)(C)C)Cc2nc(cs2)-c2ccc3[nH]c(B4OC(C)(C)C(C)(C)O4)c(c3c2)C1. The maximum Gasteiger partial charge on any atom is 0.512 e. The van der Waals surface area contributed by atoms with E-state index in [2.05, 4.69) is 35.6 Å². The molecule has 6 rings (SSSR count). The fourth-order valence-electron chi connectivity index (χ4n) is 6.27. The minimum atomic E-state index is -0.986. The Labute approximate surface area is 291 Å². The molecule has 2 atom stereocenters. The quantitative estimate of drug-likeness (QED) is 0.323. The number of nitrogens with one attached hydrogen (secondary N) is 3. The van der Waals surface area contributed by atoms with Crippen LogP contribution < -0.4 is 16.3 Å². The van der Waals surface area contributed by atoms with E-state index in [4.69, 9.17) is 23.9 Å². The molecule has 0 spiro atoms. The summed E-state index contributed by atoms with van der Waals surface area (Å²) in [6.45, 7) is 18.0. The van der Waals surface area contributed by atoms with Crippen molar-refractivity contribution in [2.24, 2.45) is 5.41 Å². The van der Waals surface area contributed by atoms with E-state index in [9.17, 15) is 14.5 Å². The first-order valence-electron chi connectivity index (χ1n) is 16.9. The molecule has 2 fully saturated rings. The number of alkyl carbamates (subject to hydrolysis) is 1. The van der Waals surface area contributed by atoms with Crippen molar-refractivity contribution in [1.29, 1.82) is 0 Å². The van der Waals surface area contributed by atoms with Gasteiger partial charge in [-0.25, -0.2) is 14.6 Å². The Morgan fingerprint density at radius 1 is 1.16 bits per heavy atom. The zero-order valence-corrected chi connectivity index (χ0v) is 30.7. The Balaban J connectivity index is 1.41. The highest BCUT2D eigenvalue weighted by molar-refractivity contribution is 7.10. The van der Waals surface area contributed by atoms with Crippen LogP contribution in [0.1, 0.15) is 85.7 Å². The molecular formula is C34H48BN6O7S+. The van der Waals surface area contributed by atoms with Crippen LogP contribution in [-0.4, -0.2) is 81.2 Å². The molecule has 0 unspecified atom stereocenters. The number of amides is 2. The van der Waals surface area contributed by atoms with Crippen LogP contribution in [0.2, 0.25) is 0 Å². The number of fused-ring (bicyclic) bond motifs is 6. The van der Waals surface area contributed by atoms with Gasteiger partial charge in [0.25, 0.3) is 5.91 Å². The molecule has 49 heavy (non-hydrogen) atoms. The maximum absolute atomic E-state index is 13.9. The number of rotatable bonds is 2. The monoisotopic (exact) mass is 695 g/mol. The van der Waals surface area contributed by atoms with Crippen LogP contribution in [0.15, 0.2) is 23.6 Å². The van der Waals surface area contributed by atoms with Crippen LogP contribution in [0.4, 0.5) is 4.79 Å². The van der Waals surface area contributed by atoms with Crippen molar-refractivity contribution in [3.63, 3.8) is 0 Å². The predicted octanol–water partition coefficient (Wildman–Crippen LogP) is 4.77. The number of hydrogen-bond donors (Lipinski definition) is 3. The molecule has 3 aromatic rings. The molecular weight excluding hydrogens is 647 g/mol. The summed E-state index contributed by atoms with van der Waals surface area (Å²) < 4.78 is 18.5. The average molecular weight is 696 g/mol. The van der Waals surface area contributed by atoms with Crippen LogP contribution >= 0.6 is 11.3 Å². The Morgan fingerprint density at radius 3 is 2.57 bits per heavy atom. The molecule has 0 saturated carbocycles. The molecule has 3 N–H and O–H groups in total. The van der Waals surface area contributed by atoms with Gasteiger partial charge in [0.2, 0.25) is 4.92 Å². The van der Waals surface area contributed by atoms with Crippen LogP contribution in [0.25, 0.3) is 22.2 Å². The van der Waals surface area contributed by atoms with E-state index in [-0.39, 0.29) is 13.0 Å². The van der Waals surface area contributed by atoms with Crippen LogP contribution in [0, 0.1) is 10.3 Å². The van der Waals surface area contributed by atoms with Crippen molar-refractivity contribution in [3.8, 4) is 11.3 Å². The number of H-pyrrole nitrogens is 1. The van der Waals surface area contributed by atoms with Crippen molar-refractivity contribution in [2.45, 2.75) is 117 Å². The van der Waals surface area contributed by atoms with Gasteiger partial charge in [-0.05, 0) is 79.0 Å². The van der Waals surface area contributed by atoms with Gasteiger partial charge >= 0.3 is 19.4 Å². The van der Waals surface area contributed by atoms with Gasteiger partial charge in [0.15, 0.2) is 6.61 Å². The van der Waals surface area contributed by atoms with E-state index >= 15 is 0 Å². The van der Waals surface area contributed by atoms with Gasteiger partial charge in [0.1, 0.15) is 11.6 Å². The molecule has 2 aromatic heterocycles. The number of aromatic amines is 1. The number of hydrogen-bond acceptors (Lipinski definition) is 10. The van der Waals surface area contributed by atoms with Gasteiger partial charge in [-0.3, -0.25) is 9.80 Å². The molecule has 2 saturated heterocycles. The molecule has 2 amide bonds. The van der Waals surface area contributed by atoms with Crippen LogP contribution in [0.3, 0.4) is 0 Å². The first kappa shape index (κ1) is 35.3. The molecule has 13 nitrogen and oxygen atoms in total. The number of carbonyl (C=O) groups excluding carboxylic acids is 2. The van der Waals surface area contributed by atoms with Gasteiger partial charge < -0.3 is 24.3 Å². The maximum atomic E-state index is 13.9. The van der Waals surface area contributed by atoms with E-state index < -0.39 is 53.5 Å². The lowest BCUT2D eigenvalue weighted by Crippen LogP contribution is -2.60. The van der Waals surface area contributed by atoms with E-state index in [1.165, 1.54) is 16.3 Å². The summed E-state index contributed by atoms with van der Waals surface area (Å²) in [5.41, 5.74) is 5.19. The van der Waals surface area contributed by atoms with E-state index in [0.717, 1.165) is 33.3 Å². The Morgan fingerprint density at radius 2 is 1.88 bits per heavy atom. The second kappa shape index (κ2) is 12.7. The summed E-state index contributed by atoms with van der Waals surface area (Å²) in [5, 5.41) is 7.77. The number of ether oxygens (including phenoxy) is 1. The number of hydrazine groups is 1. The Kier molecular flexibility index (Phi) is 9.12. The molecule has 3 aliphatic rings. The Bertz CT molecular complexity index is 1750. The standard InChI is InChI=1S/C34H47BN6O7S/c1-31(2,3)46-30(43)38-24-16-27-36-25(18-49-27)20-12-13-23-21(15-20)22(28(37-23)35-47-33(6,7)34(8,9)48-35)17-32(4,5)19-45-41(44)26-11-10-14-40(39-26)29(24)42/h12-13,15,18,24,26,37,39H,10-11,14,16-17,19H2,1-9H3/p+1/t24-,26+/m0/s1. The van der Waals surface area contributed by atoms with Crippen molar-refractivity contribution < 1.29 is 33.4 Å². The highest BCUT2D eigenvalue weighted by Crippen LogP contribution is 2.38. The molecule has 15 heteroatoms. The first-order chi connectivity index (χ1) is 22.8. The summed E-state index contributed by atoms with van der Waals surface area (Å²) in [6.07, 6.45) is 0.247. The van der Waals surface area contributed by atoms with Crippen LogP contribution in [0.5, 0.6) is 0 Å². The Hall–Kier alpha value is -3.53. The summed E-state index contributed by atoms with van der Waals surface area (Å²) in [5.74, 6) is -0.393. The molecule has 264 valence electrons. The molecule has 1 aromatic carbocycles. The predicted molar refractivity (Wildman–Crippen MR) is 187 cm³/mol. The third-order valence-corrected chi connectivity index (χ3v) is 10.4. The molecule has 6 bridgehead atoms. The lowest BCUT2D eigenvalue weighted by Gasteiger charge is -2.32. The van der Waals surface area contributed by atoms with Crippen molar-refractivity contribution >= 4 is 47.0 Å². The van der Waals surface area contributed by atoms with Crippen molar-refractivity contribution in [1.82, 2.24) is 25.7 Å². The zero-order chi connectivity index (χ0) is 35.5. The largest absolute Gasteiger partial charge is 0.512 e. The smallest absolute Gasteiger partial charge is 0.444 e. The van der Waals surface area contributed by atoms with Crippen molar-refractivity contribution in [3.05, 3.63) is 39.1 Å².